The first-order chi connectivity index (χ1) is 13.3. The third-order valence-corrected chi connectivity index (χ3v) is 4.32. The van der Waals surface area contributed by atoms with Gasteiger partial charge in [-0.3, -0.25) is 9.59 Å². The normalized spacial score (nSPS) is 10.8. The quantitative estimate of drug-likeness (QED) is 0.606. The molecule has 3 N–H and O–H groups in total. The fourth-order valence-electron chi connectivity index (χ4n) is 2.78. The molecule has 1 aromatic heterocycles. The number of amides is 1. The number of carboxylic acids is 1. The van der Waals surface area contributed by atoms with Gasteiger partial charge in [-0.1, -0.05) is 17.7 Å². The summed E-state index contributed by atoms with van der Waals surface area (Å²) in [7, 11) is 0. The summed E-state index contributed by atoms with van der Waals surface area (Å²) in [5.41, 5.74) is -0.960. The average Bonchev–Trinajstić information content (AvgIpc) is 2.61. The van der Waals surface area contributed by atoms with Crippen LogP contribution in [0, 0.1) is 11.6 Å². The molecule has 0 saturated carbocycles. The highest BCUT2D eigenvalue weighted by molar-refractivity contribution is 6.31. The maximum absolute atomic E-state index is 13.6. The number of fused-ring (bicyclic) bond motifs is 1. The maximum atomic E-state index is 13.6. The minimum Gasteiger partial charge on any atom is -0.477 e. The van der Waals surface area contributed by atoms with Crippen molar-refractivity contribution in [1.82, 2.24) is 10.3 Å². The summed E-state index contributed by atoms with van der Waals surface area (Å²) in [4.78, 5) is 37.7. The summed E-state index contributed by atoms with van der Waals surface area (Å²) < 4.78 is 27.3. The number of hydrogen-bond donors (Lipinski definition) is 3. The molecule has 0 bridgehead atoms. The van der Waals surface area contributed by atoms with Gasteiger partial charge >= 0.3 is 5.97 Å². The van der Waals surface area contributed by atoms with E-state index in [2.05, 4.69) is 10.3 Å². The number of rotatable bonds is 5. The summed E-state index contributed by atoms with van der Waals surface area (Å²) in [5, 5.41) is 12.0. The van der Waals surface area contributed by atoms with E-state index in [-0.39, 0.29) is 29.1 Å². The van der Waals surface area contributed by atoms with Gasteiger partial charge in [0, 0.05) is 22.5 Å². The molecule has 3 aromatic rings. The van der Waals surface area contributed by atoms with Crippen molar-refractivity contribution in [2.24, 2.45) is 0 Å². The third kappa shape index (κ3) is 4.01. The van der Waals surface area contributed by atoms with Gasteiger partial charge in [0.05, 0.1) is 11.9 Å². The number of carbonyl (C=O) groups is 2. The highest BCUT2D eigenvalue weighted by Gasteiger charge is 2.15. The van der Waals surface area contributed by atoms with Gasteiger partial charge in [0.25, 0.3) is 5.56 Å². The van der Waals surface area contributed by atoms with E-state index in [1.165, 1.54) is 24.3 Å². The van der Waals surface area contributed by atoms with Gasteiger partial charge in [0.2, 0.25) is 5.91 Å². The van der Waals surface area contributed by atoms with Crippen LogP contribution in [0.1, 0.15) is 21.5 Å². The molecule has 6 nitrogen and oxygen atoms in total. The second-order valence-electron chi connectivity index (χ2n) is 6.00. The highest BCUT2D eigenvalue weighted by atomic mass is 35.5. The van der Waals surface area contributed by atoms with Gasteiger partial charge in [-0.2, -0.15) is 0 Å². The molecule has 0 fully saturated rings. The number of aromatic carboxylic acids is 1. The van der Waals surface area contributed by atoms with Gasteiger partial charge in [-0.05, 0) is 35.9 Å². The maximum Gasteiger partial charge on any atom is 0.341 e. The van der Waals surface area contributed by atoms with E-state index < -0.39 is 34.6 Å². The molecule has 1 amide bonds. The van der Waals surface area contributed by atoms with Crippen LogP contribution in [-0.2, 0) is 17.8 Å². The Hall–Kier alpha value is -3.26. The highest BCUT2D eigenvalue weighted by Crippen LogP contribution is 2.23. The fourth-order valence-corrected chi connectivity index (χ4v) is 3.03. The van der Waals surface area contributed by atoms with Crippen molar-refractivity contribution in [3.8, 4) is 0 Å². The van der Waals surface area contributed by atoms with Gasteiger partial charge in [0.1, 0.15) is 17.2 Å². The second-order valence-corrected chi connectivity index (χ2v) is 6.44. The number of hydrogen-bond acceptors (Lipinski definition) is 3. The molecular weight excluding hydrogens is 394 g/mol. The largest absolute Gasteiger partial charge is 0.477 e. The van der Waals surface area contributed by atoms with Crippen LogP contribution in [0.15, 0.2) is 41.2 Å². The van der Waals surface area contributed by atoms with Gasteiger partial charge in [-0.25, -0.2) is 13.6 Å². The lowest BCUT2D eigenvalue weighted by molar-refractivity contribution is -0.120. The van der Waals surface area contributed by atoms with E-state index in [0.29, 0.717) is 10.9 Å². The van der Waals surface area contributed by atoms with Crippen molar-refractivity contribution in [2.45, 2.75) is 13.0 Å². The molecule has 0 spiro atoms. The molecule has 9 heteroatoms. The molecule has 0 aliphatic carbocycles. The summed E-state index contributed by atoms with van der Waals surface area (Å²) >= 11 is 6.02. The zero-order chi connectivity index (χ0) is 20.4. The molecular formula is C19H13ClF2N2O4. The first kappa shape index (κ1) is 19.5. The smallest absolute Gasteiger partial charge is 0.341 e. The lowest BCUT2D eigenvalue weighted by atomic mass is 10.0. The molecule has 0 atom stereocenters. The van der Waals surface area contributed by atoms with Crippen LogP contribution < -0.4 is 10.9 Å². The summed E-state index contributed by atoms with van der Waals surface area (Å²) in [6.45, 7) is -0.352. The predicted molar refractivity (Wildman–Crippen MR) is 98.4 cm³/mol. The Bertz CT molecular complexity index is 1140. The van der Waals surface area contributed by atoms with Crippen molar-refractivity contribution < 1.29 is 23.5 Å². The number of carboxylic acid groups (broad SMARTS) is 1. The van der Waals surface area contributed by atoms with Crippen LogP contribution in [0.2, 0.25) is 5.02 Å². The Kier molecular flexibility index (Phi) is 5.41. The second kappa shape index (κ2) is 7.77. The lowest BCUT2D eigenvalue weighted by Crippen LogP contribution is -2.26. The molecule has 0 saturated heterocycles. The van der Waals surface area contributed by atoms with E-state index in [1.807, 2.05) is 0 Å². The third-order valence-electron chi connectivity index (χ3n) is 4.10. The average molecular weight is 407 g/mol. The fraction of sp³-hybridized carbons (Fsp3) is 0.105. The van der Waals surface area contributed by atoms with Crippen molar-refractivity contribution in [2.75, 3.05) is 0 Å². The van der Waals surface area contributed by atoms with Crippen LogP contribution in [0.4, 0.5) is 8.78 Å². The zero-order valence-corrected chi connectivity index (χ0v) is 14.9. The van der Waals surface area contributed by atoms with Crippen LogP contribution in [0.25, 0.3) is 10.9 Å². The number of H-pyrrole nitrogens is 1. The number of benzene rings is 2. The Morgan fingerprint density at radius 3 is 2.46 bits per heavy atom. The zero-order valence-electron chi connectivity index (χ0n) is 14.2. The topological polar surface area (TPSA) is 99.3 Å². The van der Waals surface area contributed by atoms with E-state index in [1.54, 1.807) is 0 Å². The minimum atomic E-state index is -1.39. The number of pyridine rings is 1. The van der Waals surface area contributed by atoms with E-state index >= 15 is 0 Å². The predicted octanol–water partition coefficient (Wildman–Crippen LogP) is 3.02. The molecule has 0 aliphatic rings. The summed E-state index contributed by atoms with van der Waals surface area (Å²) in [6.07, 6.45) is -0.241. The molecule has 0 unspecified atom stereocenters. The number of aromatic amines is 1. The number of halogens is 3. The minimum absolute atomic E-state index is 0.235. The molecule has 3 rings (SSSR count). The SMILES string of the molecule is O=C(Cc1cc(Cl)cc2cc(C(=O)O)c(=O)[nH]c12)NCc1c(F)cccc1F. The Morgan fingerprint density at radius 1 is 1.14 bits per heavy atom. The molecule has 2 aromatic carbocycles. The lowest BCUT2D eigenvalue weighted by Gasteiger charge is -2.10. The Balaban J connectivity index is 1.87. The molecule has 1 heterocycles. The molecule has 0 radical (unpaired) electrons. The van der Waals surface area contributed by atoms with Gasteiger partial charge < -0.3 is 15.4 Å². The molecule has 144 valence electrons. The molecule has 0 aliphatic heterocycles. The van der Waals surface area contributed by atoms with Gasteiger partial charge in [0.15, 0.2) is 0 Å². The Labute approximate surface area is 161 Å². The van der Waals surface area contributed by atoms with Crippen LogP contribution in [0.3, 0.4) is 0 Å². The van der Waals surface area contributed by atoms with E-state index in [0.717, 1.165) is 12.1 Å². The van der Waals surface area contributed by atoms with Crippen molar-refractivity contribution in [1.29, 1.82) is 0 Å². The first-order valence-electron chi connectivity index (χ1n) is 8.04. The van der Waals surface area contributed by atoms with Crippen molar-refractivity contribution >= 4 is 34.4 Å². The van der Waals surface area contributed by atoms with Crippen LogP contribution >= 0.6 is 11.6 Å². The standard InChI is InChI=1S/C19H13ClF2N2O4/c20-11-4-9-6-12(19(27)28)18(26)24-17(9)10(5-11)7-16(25)23-8-13-14(21)2-1-3-15(13)22/h1-6H,7-8H2,(H,23,25)(H,24,26)(H,27,28). The number of carbonyl (C=O) groups excluding carboxylic acids is 1. The van der Waals surface area contributed by atoms with Crippen molar-refractivity contribution in [3.63, 3.8) is 0 Å². The summed E-state index contributed by atoms with van der Waals surface area (Å²) in [6, 6.07) is 7.45. The summed E-state index contributed by atoms with van der Waals surface area (Å²) in [5.74, 6) is -3.51. The van der Waals surface area contributed by atoms with Gasteiger partial charge in [-0.15, -0.1) is 0 Å². The van der Waals surface area contributed by atoms with E-state index in [9.17, 15) is 23.2 Å². The monoisotopic (exact) mass is 406 g/mol. The van der Waals surface area contributed by atoms with E-state index in [4.69, 9.17) is 16.7 Å². The van der Waals surface area contributed by atoms with Crippen LogP contribution in [-0.4, -0.2) is 22.0 Å². The Morgan fingerprint density at radius 2 is 1.82 bits per heavy atom. The number of nitrogens with one attached hydrogen (secondary N) is 2. The van der Waals surface area contributed by atoms with Crippen LogP contribution in [0.5, 0.6) is 0 Å². The molecule has 28 heavy (non-hydrogen) atoms. The first-order valence-corrected chi connectivity index (χ1v) is 8.42. The number of aromatic nitrogens is 1. The van der Waals surface area contributed by atoms with Crippen molar-refractivity contribution in [3.05, 3.63) is 80.1 Å².